The second kappa shape index (κ2) is 6.92. The smallest absolute Gasteiger partial charge is 0.0352 e. The van der Waals surface area contributed by atoms with Gasteiger partial charge in [0.05, 0.1) is 0 Å². The Labute approximate surface area is 168 Å². The fourth-order valence-corrected chi connectivity index (χ4v) is 6.20. The average molecular weight is 389 g/mol. The van der Waals surface area contributed by atoms with Crippen LogP contribution in [0.2, 0.25) is 0 Å². The summed E-state index contributed by atoms with van der Waals surface area (Å²) in [4.78, 5) is 2.92. The van der Waals surface area contributed by atoms with Crippen LogP contribution < -0.4 is 0 Å². The highest BCUT2D eigenvalue weighted by molar-refractivity contribution is 7.19. The lowest BCUT2D eigenvalue weighted by atomic mass is 10.0. The van der Waals surface area contributed by atoms with Crippen LogP contribution in [0.5, 0.6) is 0 Å². The van der Waals surface area contributed by atoms with Gasteiger partial charge in [-0.05, 0) is 101 Å². The largest absolute Gasteiger partial charge is 0.141 e. The van der Waals surface area contributed by atoms with Crippen LogP contribution in [0.15, 0.2) is 48.5 Å². The van der Waals surface area contributed by atoms with Crippen molar-refractivity contribution in [1.82, 2.24) is 0 Å². The third-order valence-corrected chi connectivity index (χ3v) is 7.69. The molecule has 0 unspecified atom stereocenters. The Balaban J connectivity index is 1.58. The zero-order chi connectivity index (χ0) is 18.4. The predicted octanol–water partition coefficient (Wildman–Crippen LogP) is 8.85. The summed E-state index contributed by atoms with van der Waals surface area (Å²) in [6, 6.07) is 19.0. The second-order valence-corrected chi connectivity index (χ2v) is 10.2. The molecule has 0 spiro atoms. The van der Waals surface area contributed by atoms with Crippen molar-refractivity contribution in [3.63, 3.8) is 0 Å². The number of aryl methyl sites for hydroxylation is 2. The molecular formula is C25H24S2. The highest BCUT2D eigenvalue weighted by Gasteiger charge is 2.07. The van der Waals surface area contributed by atoms with E-state index in [1.54, 1.807) is 0 Å². The van der Waals surface area contributed by atoms with Crippen LogP contribution in [-0.4, -0.2) is 0 Å². The predicted molar refractivity (Wildman–Crippen MR) is 125 cm³/mol. The molecule has 0 saturated heterocycles. The van der Waals surface area contributed by atoms with Crippen molar-refractivity contribution in [2.45, 2.75) is 46.0 Å². The standard InChI is InChI=1S/C25H24S2/c1-3-4-5-6-7-23-13-22-12-18-10-19-14-24-21(8-16(2)26-24)11-17(19)9-20(18)15-25(22)27-23/h8-15H,3-7H2,1-2H3. The molecule has 2 heterocycles. The fraction of sp³-hybridized carbons (Fsp3) is 0.280. The molecule has 0 bridgehead atoms. The van der Waals surface area contributed by atoms with Crippen LogP contribution in [0.25, 0.3) is 41.7 Å². The maximum Gasteiger partial charge on any atom is 0.0352 e. The van der Waals surface area contributed by atoms with E-state index in [9.17, 15) is 0 Å². The minimum Gasteiger partial charge on any atom is -0.141 e. The van der Waals surface area contributed by atoms with E-state index in [4.69, 9.17) is 0 Å². The van der Waals surface area contributed by atoms with Gasteiger partial charge < -0.3 is 0 Å². The Morgan fingerprint density at radius 3 is 1.89 bits per heavy atom. The normalized spacial score (nSPS) is 12.1. The van der Waals surface area contributed by atoms with E-state index >= 15 is 0 Å². The van der Waals surface area contributed by atoms with Gasteiger partial charge in [-0.15, -0.1) is 22.7 Å². The average Bonchev–Trinajstić information content (AvgIpc) is 3.20. The molecule has 5 aromatic rings. The maximum absolute atomic E-state index is 2.42. The monoisotopic (exact) mass is 388 g/mol. The number of fused-ring (bicyclic) bond motifs is 4. The first-order chi connectivity index (χ1) is 13.2. The summed E-state index contributed by atoms with van der Waals surface area (Å²) in [5, 5.41) is 8.20. The SMILES string of the molecule is CCCCCCc1cc2cc3cc4cc5sc(C)cc5cc4cc3cc2s1. The summed E-state index contributed by atoms with van der Waals surface area (Å²) in [5.41, 5.74) is 0. The summed E-state index contributed by atoms with van der Waals surface area (Å²) in [6.45, 7) is 4.47. The molecule has 0 N–H and O–H groups in total. The third-order valence-electron chi connectivity index (χ3n) is 5.52. The molecule has 5 rings (SSSR count). The second-order valence-electron chi connectivity index (χ2n) is 7.71. The highest BCUT2D eigenvalue weighted by atomic mass is 32.1. The van der Waals surface area contributed by atoms with Gasteiger partial charge in [-0.2, -0.15) is 0 Å². The van der Waals surface area contributed by atoms with E-state index in [1.165, 1.54) is 83.6 Å². The summed E-state index contributed by atoms with van der Waals surface area (Å²) in [6.07, 6.45) is 6.57. The van der Waals surface area contributed by atoms with Crippen LogP contribution in [-0.2, 0) is 6.42 Å². The molecular weight excluding hydrogens is 364 g/mol. The first kappa shape index (κ1) is 17.2. The molecule has 2 aromatic heterocycles. The van der Waals surface area contributed by atoms with Gasteiger partial charge in [0, 0.05) is 19.2 Å². The van der Waals surface area contributed by atoms with Crippen molar-refractivity contribution in [2.75, 3.05) is 0 Å². The molecule has 0 aliphatic carbocycles. The van der Waals surface area contributed by atoms with Gasteiger partial charge in [-0.3, -0.25) is 0 Å². The first-order valence-corrected chi connectivity index (χ1v) is 11.6. The lowest BCUT2D eigenvalue weighted by Crippen LogP contribution is -1.80. The molecule has 0 aliphatic heterocycles. The van der Waals surface area contributed by atoms with Gasteiger partial charge >= 0.3 is 0 Å². The Morgan fingerprint density at radius 2 is 1.19 bits per heavy atom. The van der Waals surface area contributed by atoms with Crippen LogP contribution in [0.3, 0.4) is 0 Å². The lowest BCUT2D eigenvalue weighted by Gasteiger charge is -2.04. The molecule has 0 radical (unpaired) electrons. The molecule has 0 amide bonds. The van der Waals surface area contributed by atoms with Gasteiger partial charge in [-0.1, -0.05) is 26.2 Å². The van der Waals surface area contributed by atoms with Crippen molar-refractivity contribution >= 4 is 64.4 Å². The minimum absolute atomic E-state index is 1.23. The van der Waals surface area contributed by atoms with Crippen molar-refractivity contribution in [1.29, 1.82) is 0 Å². The van der Waals surface area contributed by atoms with Gasteiger partial charge in [0.1, 0.15) is 0 Å². The molecule has 0 atom stereocenters. The van der Waals surface area contributed by atoms with Crippen molar-refractivity contribution in [2.24, 2.45) is 0 Å². The van der Waals surface area contributed by atoms with Gasteiger partial charge in [0.15, 0.2) is 0 Å². The summed E-state index contributed by atoms with van der Waals surface area (Å²) in [5.74, 6) is 0. The summed E-state index contributed by atoms with van der Waals surface area (Å²) >= 11 is 3.87. The summed E-state index contributed by atoms with van der Waals surface area (Å²) < 4.78 is 2.82. The number of hydrogen-bond donors (Lipinski definition) is 0. The van der Waals surface area contributed by atoms with Crippen LogP contribution in [0.1, 0.15) is 42.4 Å². The zero-order valence-electron chi connectivity index (χ0n) is 16.0. The van der Waals surface area contributed by atoms with Gasteiger partial charge in [0.25, 0.3) is 0 Å². The van der Waals surface area contributed by atoms with E-state index in [0.717, 1.165) is 0 Å². The molecule has 0 saturated carbocycles. The van der Waals surface area contributed by atoms with E-state index in [-0.39, 0.29) is 0 Å². The van der Waals surface area contributed by atoms with E-state index in [1.807, 2.05) is 22.7 Å². The molecule has 136 valence electrons. The lowest BCUT2D eigenvalue weighted by molar-refractivity contribution is 0.670. The minimum atomic E-state index is 1.23. The molecule has 27 heavy (non-hydrogen) atoms. The molecule has 2 heteroatoms. The van der Waals surface area contributed by atoms with Crippen molar-refractivity contribution in [3.05, 3.63) is 58.3 Å². The summed E-state index contributed by atoms with van der Waals surface area (Å²) in [7, 11) is 0. The first-order valence-electron chi connectivity index (χ1n) is 10.00. The molecule has 0 aliphatic rings. The highest BCUT2D eigenvalue weighted by Crippen LogP contribution is 2.35. The quantitative estimate of drug-likeness (QED) is 0.208. The Bertz CT molecular complexity index is 1180. The van der Waals surface area contributed by atoms with Crippen LogP contribution >= 0.6 is 22.7 Å². The van der Waals surface area contributed by atoms with Gasteiger partial charge in [0.2, 0.25) is 0 Å². The number of thiophene rings is 2. The third kappa shape index (κ3) is 3.26. The Morgan fingerprint density at radius 1 is 0.593 bits per heavy atom. The number of benzene rings is 3. The molecule has 3 aromatic carbocycles. The van der Waals surface area contributed by atoms with Crippen LogP contribution in [0.4, 0.5) is 0 Å². The maximum atomic E-state index is 2.42. The fourth-order valence-electron chi connectivity index (χ4n) is 4.11. The van der Waals surface area contributed by atoms with E-state index in [2.05, 4.69) is 62.4 Å². The molecule has 0 nitrogen and oxygen atoms in total. The number of rotatable bonds is 5. The number of hydrogen-bond acceptors (Lipinski definition) is 2. The zero-order valence-corrected chi connectivity index (χ0v) is 17.6. The van der Waals surface area contributed by atoms with E-state index in [0.29, 0.717) is 0 Å². The van der Waals surface area contributed by atoms with Crippen LogP contribution in [0, 0.1) is 6.92 Å². The van der Waals surface area contributed by atoms with E-state index < -0.39 is 0 Å². The Hall–Kier alpha value is -1.90. The Kier molecular flexibility index (Phi) is 4.41. The molecule has 0 fully saturated rings. The van der Waals surface area contributed by atoms with Gasteiger partial charge in [-0.25, -0.2) is 0 Å². The topological polar surface area (TPSA) is 0 Å². The van der Waals surface area contributed by atoms with Crippen molar-refractivity contribution in [3.8, 4) is 0 Å². The number of unbranched alkanes of at least 4 members (excludes halogenated alkanes) is 3. The van der Waals surface area contributed by atoms with Crippen molar-refractivity contribution < 1.29 is 0 Å².